The highest BCUT2D eigenvalue weighted by atomic mass is 79.9. The third kappa shape index (κ3) is 3.22. The van der Waals surface area contributed by atoms with Gasteiger partial charge in [0.2, 0.25) is 5.88 Å². The number of nitrogen functional groups attached to an aromatic ring is 1. The molecule has 0 radical (unpaired) electrons. The van der Waals surface area contributed by atoms with Crippen molar-refractivity contribution in [3.63, 3.8) is 0 Å². The average Bonchev–Trinajstić information content (AvgIpc) is 2.08. The Morgan fingerprint density at radius 3 is 2.53 bits per heavy atom. The number of rotatable bonds is 2. The number of alkyl halides is 4. The molecule has 1 rings (SSSR count). The lowest BCUT2D eigenvalue weighted by Crippen LogP contribution is -2.18. The molecule has 1 aromatic rings. The Morgan fingerprint density at radius 1 is 1.47 bits per heavy atom. The quantitative estimate of drug-likeness (QED) is 0.672. The van der Waals surface area contributed by atoms with Gasteiger partial charge in [-0.25, -0.2) is 9.37 Å². The molecule has 1 heterocycles. The maximum Gasteiger partial charge on any atom is 0.574 e. The van der Waals surface area contributed by atoms with E-state index in [0.717, 1.165) is 0 Å². The lowest BCUT2D eigenvalue weighted by molar-refractivity contribution is -0.276. The van der Waals surface area contributed by atoms with Crippen LogP contribution < -0.4 is 10.5 Å². The first kappa shape index (κ1) is 12.0. The van der Waals surface area contributed by atoms with Crippen molar-refractivity contribution in [2.75, 3.05) is 5.73 Å². The van der Waals surface area contributed by atoms with Crippen LogP contribution in [0.4, 0.5) is 23.2 Å². The molecule has 0 aliphatic carbocycles. The molecule has 0 aliphatic rings. The number of hydrogen-bond donors (Lipinski definition) is 1. The van der Waals surface area contributed by atoms with Crippen LogP contribution in [-0.2, 0) is 5.33 Å². The molecule has 0 aromatic carbocycles. The minimum absolute atomic E-state index is 0.0326. The van der Waals surface area contributed by atoms with Gasteiger partial charge in [-0.2, -0.15) is 0 Å². The molecule has 0 saturated carbocycles. The van der Waals surface area contributed by atoms with Gasteiger partial charge in [0, 0.05) is 11.4 Å². The summed E-state index contributed by atoms with van der Waals surface area (Å²) in [5.74, 6) is -1.87. The molecular weight excluding hydrogens is 284 g/mol. The second-order valence-corrected chi connectivity index (χ2v) is 3.04. The maximum atomic E-state index is 13.0. The van der Waals surface area contributed by atoms with Crippen molar-refractivity contribution in [2.24, 2.45) is 0 Å². The van der Waals surface area contributed by atoms with E-state index in [9.17, 15) is 17.6 Å². The Labute approximate surface area is 90.4 Å². The van der Waals surface area contributed by atoms with Crippen LogP contribution in [0.25, 0.3) is 0 Å². The molecule has 0 saturated heterocycles. The van der Waals surface area contributed by atoms with Crippen molar-refractivity contribution in [3.05, 3.63) is 17.6 Å². The van der Waals surface area contributed by atoms with Crippen molar-refractivity contribution < 1.29 is 22.3 Å². The van der Waals surface area contributed by atoms with E-state index in [1.165, 1.54) is 0 Å². The van der Waals surface area contributed by atoms with Gasteiger partial charge in [-0.05, 0) is 0 Å². The predicted octanol–water partition coefficient (Wildman–Crippen LogP) is 2.60. The largest absolute Gasteiger partial charge is 0.574 e. The highest BCUT2D eigenvalue weighted by molar-refractivity contribution is 9.08. The Balaban J connectivity index is 3.06. The molecule has 84 valence electrons. The lowest BCUT2D eigenvalue weighted by Gasteiger charge is -2.10. The Kier molecular flexibility index (Phi) is 3.38. The van der Waals surface area contributed by atoms with E-state index in [1.807, 2.05) is 0 Å². The smallest absolute Gasteiger partial charge is 0.395 e. The van der Waals surface area contributed by atoms with Gasteiger partial charge in [-0.15, -0.1) is 13.2 Å². The van der Waals surface area contributed by atoms with Gasteiger partial charge >= 0.3 is 6.36 Å². The summed E-state index contributed by atoms with van der Waals surface area (Å²) in [6.07, 6.45) is -4.90. The molecule has 0 atom stereocenters. The number of nitrogens with two attached hydrogens (primary N) is 1. The van der Waals surface area contributed by atoms with Crippen molar-refractivity contribution >= 4 is 21.6 Å². The number of halogens is 5. The molecule has 8 heteroatoms. The van der Waals surface area contributed by atoms with Crippen LogP contribution in [0.15, 0.2) is 6.07 Å². The summed E-state index contributed by atoms with van der Waals surface area (Å²) in [5.41, 5.74) is 4.87. The maximum absolute atomic E-state index is 13.0. The molecule has 0 amide bonds. The predicted molar refractivity (Wildman–Crippen MR) is 47.9 cm³/mol. The van der Waals surface area contributed by atoms with Crippen LogP contribution in [0.1, 0.15) is 5.69 Å². The summed E-state index contributed by atoms with van der Waals surface area (Å²) >= 11 is 2.91. The monoisotopic (exact) mass is 288 g/mol. The summed E-state index contributed by atoms with van der Waals surface area (Å²) in [5, 5.41) is 0.0326. The summed E-state index contributed by atoms with van der Waals surface area (Å²) in [6, 6.07) is 0.481. The third-order valence-electron chi connectivity index (χ3n) is 1.41. The number of hydrogen-bond acceptors (Lipinski definition) is 3. The molecule has 2 N–H and O–H groups in total. The number of anilines is 1. The molecular formula is C7H5BrF4N2O. The second-order valence-electron chi connectivity index (χ2n) is 2.48. The topological polar surface area (TPSA) is 48.1 Å². The molecule has 0 spiro atoms. The van der Waals surface area contributed by atoms with Gasteiger partial charge in [0.25, 0.3) is 0 Å². The zero-order chi connectivity index (χ0) is 11.6. The molecule has 1 aromatic heterocycles. The van der Waals surface area contributed by atoms with Gasteiger partial charge in [0.05, 0.1) is 11.4 Å². The van der Waals surface area contributed by atoms with Crippen molar-refractivity contribution in [1.82, 2.24) is 4.98 Å². The zero-order valence-electron chi connectivity index (χ0n) is 7.11. The van der Waals surface area contributed by atoms with Gasteiger partial charge in [0.15, 0.2) is 5.82 Å². The third-order valence-corrected chi connectivity index (χ3v) is 1.94. The van der Waals surface area contributed by atoms with Crippen LogP contribution in [0.5, 0.6) is 5.88 Å². The van der Waals surface area contributed by atoms with E-state index in [0.29, 0.717) is 6.07 Å². The second kappa shape index (κ2) is 4.21. The van der Waals surface area contributed by atoms with E-state index < -0.39 is 18.1 Å². The van der Waals surface area contributed by atoms with Gasteiger partial charge in [-0.1, -0.05) is 15.9 Å². The number of pyridine rings is 1. The first-order valence-corrected chi connectivity index (χ1v) is 4.72. The van der Waals surface area contributed by atoms with Crippen LogP contribution in [-0.4, -0.2) is 11.3 Å². The van der Waals surface area contributed by atoms with Crippen molar-refractivity contribution in [1.29, 1.82) is 0 Å². The highest BCUT2D eigenvalue weighted by Gasteiger charge is 2.32. The summed E-state index contributed by atoms with van der Waals surface area (Å²) in [4.78, 5) is 3.38. The van der Waals surface area contributed by atoms with E-state index in [1.54, 1.807) is 0 Å². The fourth-order valence-corrected chi connectivity index (χ4v) is 1.25. The first-order chi connectivity index (χ1) is 6.83. The summed E-state index contributed by atoms with van der Waals surface area (Å²) in [6.45, 7) is 0. The van der Waals surface area contributed by atoms with E-state index in [2.05, 4.69) is 25.7 Å². The van der Waals surface area contributed by atoms with Gasteiger partial charge < -0.3 is 10.5 Å². The molecule has 0 unspecified atom stereocenters. The fraction of sp³-hybridized carbons (Fsp3) is 0.286. The minimum Gasteiger partial charge on any atom is -0.395 e. The molecule has 15 heavy (non-hydrogen) atoms. The number of aromatic nitrogens is 1. The van der Waals surface area contributed by atoms with E-state index in [-0.39, 0.29) is 16.7 Å². The van der Waals surface area contributed by atoms with Crippen molar-refractivity contribution in [2.45, 2.75) is 11.7 Å². The Hall–Kier alpha value is -1.05. The standard InChI is InChI=1S/C7H5BrF4N2O/c8-2-4-6(13)3(9)1-5(14-4)15-7(10,11)12/h1H,2,13H2. The van der Waals surface area contributed by atoms with Crippen LogP contribution >= 0.6 is 15.9 Å². The normalized spacial score (nSPS) is 11.5. The highest BCUT2D eigenvalue weighted by Crippen LogP contribution is 2.26. The van der Waals surface area contributed by atoms with E-state index in [4.69, 9.17) is 5.73 Å². The lowest BCUT2D eigenvalue weighted by atomic mass is 10.3. The molecule has 0 fully saturated rings. The van der Waals surface area contributed by atoms with Crippen LogP contribution in [0.2, 0.25) is 0 Å². The average molecular weight is 289 g/mol. The zero-order valence-corrected chi connectivity index (χ0v) is 8.69. The Bertz CT molecular complexity index is 369. The van der Waals surface area contributed by atoms with Gasteiger partial charge in [0.1, 0.15) is 0 Å². The minimum atomic E-state index is -4.90. The van der Waals surface area contributed by atoms with Crippen LogP contribution in [0, 0.1) is 5.82 Å². The fourth-order valence-electron chi connectivity index (χ4n) is 0.822. The summed E-state index contributed by atoms with van der Waals surface area (Å²) < 4.78 is 51.8. The van der Waals surface area contributed by atoms with Crippen molar-refractivity contribution in [3.8, 4) is 5.88 Å². The molecule has 0 bridgehead atoms. The van der Waals surface area contributed by atoms with E-state index >= 15 is 0 Å². The first-order valence-electron chi connectivity index (χ1n) is 3.60. The number of ether oxygens (including phenoxy) is 1. The van der Waals surface area contributed by atoms with Crippen LogP contribution in [0.3, 0.4) is 0 Å². The van der Waals surface area contributed by atoms with Gasteiger partial charge in [-0.3, -0.25) is 0 Å². The SMILES string of the molecule is Nc1c(F)cc(OC(F)(F)F)nc1CBr. The number of nitrogens with zero attached hydrogens (tertiary/aromatic N) is 1. The molecule has 3 nitrogen and oxygen atoms in total. The Morgan fingerprint density at radius 2 is 2.07 bits per heavy atom. The molecule has 0 aliphatic heterocycles. The summed E-state index contributed by atoms with van der Waals surface area (Å²) in [7, 11) is 0.